The monoisotopic (exact) mass is 354 g/mol. The number of ether oxygens (including phenoxy) is 1. The van der Waals surface area contributed by atoms with E-state index in [0.29, 0.717) is 41.6 Å². The van der Waals surface area contributed by atoms with E-state index >= 15 is 0 Å². The summed E-state index contributed by atoms with van der Waals surface area (Å²) in [5, 5.41) is 2.89. The van der Waals surface area contributed by atoms with E-state index in [1.165, 1.54) is 6.20 Å². The van der Waals surface area contributed by atoms with E-state index in [-0.39, 0.29) is 5.91 Å². The number of imidazole rings is 1. The van der Waals surface area contributed by atoms with Crippen molar-refractivity contribution in [2.45, 2.75) is 33.9 Å². The van der Waals surface area contributed by atoms with Gasteiger partial charge in [-0.3, -0.25) is 9.36 Å². The zero-order valence-corrected chi connectivity index (χ0v) is 15.3. The maximum atomic E-state index is 12.5. The number of carbonyl (C=O) groups is 1. The highest BCUT2D eigenvalue weighted by Crippen LogP contribution is 2.21. The maximum absolute atomic E-state index is 12.5. The van der Waals surface area contributed by atoms with Crippen molar-refractivity contribution in [1.82, 2.24) is 24.8 Å². The second kappa shape index (κ2) is 6.99. The van der Waals surface area contributed by atoms with Crippen LogP contribution in [0.1, 0.15) is 34.1 Å². The van der Waals surface area contributed by atoms with Gasteiger partial charge in [-0.05, 0) is 38.5 Å². The summed E-state index contributed by atoms with van der Waals surface area (Å²) < 4.78 is 7.12. The molecule has 8 nitrogen and oxygen atoms in total. The average molecular weight is 354 g/mol. The topological polar surface area (TPSA) is 108 Å². The molecular weight excluding hydrogens is 332 g/mol. The van der Waals surface area contributed by atoms with Crippen molar-refractivity contribution < 1.29 is 9.53 Å². The lowest BCUT2D eigenvalue weighted by atomic mass is 10.1. The minimum atomic E-state index is -0.244. The van der Waals surface area contributed by atoms with Crippen LogP contribution in [-0.2, 0) is 13.1 Å². The number of rotatable bonds is 5. The van der Waals surface area contributed by atoms with Gasteiger partial charge in [-0.25, -0.2) is 15.0 Å². The fraction of sp³-hybridized carbons (Fsp3) is 0.333. The lowest BCUT2D eigenvalue weighted by Crippen LogP contribution is -2.24. The van der Waals surface area contributed by atoms with Crippen LogP contribution >= 0.6 is 0 Å². The Balaban J connectivity index is 1.82. The van der Waals surface area contributed by atoms with Crippen LogP contribution < -0.4 is 15.8 Å². The fourth-order valence-electron chi connectivity index (χ4n) is 2.95. The Hall–Kier alpha value is -3.16. The SMILES string of the molecule is CCn1c(N)nc2cc(C(=O)NCc3c(C)cc(C)nc3OC)cnc21. The molecule has 3 N–H and O–H groups in total. The van der Waals surface area contributed by atoms with Gasteiger partial charge in [0.25, 0.3) is 5.91 Å². The zero-order valence-electron chi connectivity index (χ0n) is 15.3. The minimum Gasteiger partial charge on any atom is -0.481 e. The highest BCUT2D eigenvalue weighted by molar-refractivity contribution is 5.96. The van der Waals surface area contributed by atoms with Crippen molar-refractivity contribution in [2.24, 2.45) is 0 Å². The minimum absolute atomic E-state index is 0.244. The van der Waals surface area contributed by atoms with Crippen molar-refractivity contribution in [3.05, 3.63) is 40.7 Å². The molecule has 0 radical (unpaired) electrons. The van der Waals surface area contributed by atoms with Gasteiger partial charge in [-0.1, -0.05) is 0 Å². The Bertz CT molecular complexity index is 979. The summed E-state index contributed by atoms with van der Waals surface area (Å²) in [7, 11) is 1.57. The van der Waals surface area contributed by atoms with Gasteiger partial charge in [0.05, 0.1) is 12.7 Å². The Morgan fingerprint density at radius 2 is 2.08 bits per heavy atom. The molecule has 8 heteroatoms. The highest BCUT2D eigenvalue weighted by Gasteiger charge is 2.15. The quantitative estimate of drug-likeness (QED) is 0.725. The Labute approximate surface area is 151 Å². The summed E-state index contributed by atoms with van der Waals surface area (Å²) in [6.07, 6.45) is 1.53. The van der Waals surface area contributed by atoms with Crippen LogP contribution in [-0.4, -0.2) is 32.5 Å². The lowest BCUT2D eigenvalue weighted by Gasteiger charge is -2.12. The molecule has 3 rings (SSSR count). The Morgan fingerprint density at radius 3 is 2.77 bits per heavy atom. The Morgan fingerprint density at radius 1 is 1.31 bits per heavy atom. The van der Waals surface area contributed by atoms with E-state index < -0.39 is 0 Å². The predicted octanol–water partition coefficient (Wildman–Crippen LogP) is 1.98. The summed E-state index contributed by atoms with van der Waals surface area (Å²) in [6, 6.07) is 3.65. The standard InChI is InChI=1S/C18H22N6O2/c1-5-24-15-14(23-18(24)19)7-12(8-20-15)16(25)21-9-13-10(2)6-11(3)22-17(13)26-4/h6-8H,5,9H2,1-4H3,(H2,19,23)(H,21,25). The second-order valence-electron chi connectivity index (χ2n) is 6.03. The van der Waals surface area contributed by atoms with E-state index in [1.807, 2.05) is 26.8 Å². The molecule has 0 aliphatic heterocycles. The number of amides is 1. The first-order chi connectivity index (χ1) is 12.4. The van der Waals surface area contributed by atoms with E-state index in [4.69, 9.17) is 10.5 Å². The number of aromatic nitrogens is 4. The third kappa shape index (κ3) is 3.17. The second-order valence-corrected chi connectivity index (χ2v) is 6.03. The molecule has 1 amide bonds. The summed E-state index contributed by atoms with van der Waals surface area (Å²) in [5.41, 5.74) is 10.3. The van der Waals surface area contributed by atoms with Crippen LogP contribution in [0.5, 0.6) is 5.88 Å². The van der Waals surface area contributed by atoms with E-state index in [0.717, 1.165) is 16.8 Å². The molecule has 26 heavy (non-hydrogen) atoms. The van der Waals surface area contributed by atoms with Crippen molar-refractivity contribution in [3.8, 4) is 5.88 Å². The third-order valence-corrected chi connectivity index (χ3v) is 4.25. The number of hydrogen-bond acceptors (Lipinski definition) is 6. The van der Waals surface area contributed by atoms with Crippen LogP contribution in [0.25, 0.3) is 11.2 Å². The number of nitrogen functional groups attached to an aromatic ring is 1. The fourth-order valence-corrected chi connectivity index (χ4v) is 2.95. The molecular formula is C18H22N6O2. The van der Waals surface area contributed by atoms with Gasteiger partial charge in [0.1, 0.15) is 5.52 Å². The number of anilines is 1. The van der Waals surface area contributed by atoms with E-state index in [9.17, 15) is 4.79 Å². The van der Waals surface area contributed by atoms with Gasteiger partial charge in [0.15, 0.2) is 5.65 Å². The zero-order chi connectivity index (χ0) is 18.8. The molecule has 0 bridgehead atoms. The van der Waals surface area contributed by atoms with Gasteiger partial charge in [-0.15, -0.1) is 0 Å². The van der Waals surface area contributed by atoms with Crippen LogP contribution in [0, 0.1) is 13.8 Å². The lowest BCUT2D eigenvalue weighted by molar-refractivity contribution is 0.0950. The normalized spacial score (nSPS) is 10.9. The molecule has 0 saturated heterocycles. The molecule has 3 aromatic heterocycles. The molecule has 136 valence electrons. The van der Waals surface area contributed by atoms with Gasteiger partial charge in [-0.2, -0.15) is 0 Å². The molecule has 0 saturated carbocycles. The number of methoxy groups -OCH3 is 1. The predicted molar refractivity (Wildman–Crippen MR) is 99.0 cm³/mol. The van der Waals surface area contributed by atoms with Crippen LogP contribution in [0.3, 0.4) is 0 Å². The van der Waals surface area contributed by atoms with Gasteiger partial charge < -0.3 is 15.8 Å². The van der Waals surface area contributed by atoms with Crippen LogP contribution in [0.4, 0.5) is 5.95 Å². The van der Waals surface area contributed by atoms with Crippen molar-refractivity contribution >= 4 is 23.0 Å². The van der Waals surface area contributed by atoms with Gasteiger partial charge in [0.2, 0.25) is 11.8 Å². The summed E-state index contributed by atoms with van der Waals surface area (Å²) >= 11 is 0. The highest BCUT2D eigenvalue weighted by atomic mass is 16.5. The van der Waals surface area contributed by atoms with Crippen molar-refractivity contribution in [3.63, 3.8) is 0 Å². The van der Waals surface area contributed by atoms with Crippen molar-refractivity contribution in [1.29, 1.82) is 0 Å². The molecule has 3 heterocycles. The molecule has 0 spiro atoms. The summed E-state index contributed by atoms with van der Waals surface area (Å²) in [4.78, 5) is 25.5. The van der Waals surface area contributed by atoms with Gasteiger partial charge >= 0.3 is 0 Å². The molecule has 0 fully saturated rings. The maximum Gasteiger partial charge on any atom is 0.253 e. The first-order valence-electron chi connectivity index (χ1n) is 8.35. The number of nitrogens with one attached hydrogen (secondary N) is 1. The van der Waals surface area contributed by atoms with E-state index in [2.05, 4.69) is 20.3 Å². The average Bonchev–Trinajstić information content (AvgIpc) is 2.93. The number of nitrogens with two attached hydrogens (primary N) is 1. The summed E-state index contributed by atoms with van der Waals surface area (Å²) in [6.45, 7) is 6.81. The number of hydrogen-bond donors (Lipinski definition) is 2. The molecule has 3 aromatic rings. The Kier molecular flexibility index (Phi) is 4.75. The molecule has 0 aromatic carbocycles. The van der Waals surface area contributed by atoms with Crippen LogP contribution in [0.15, 0.2) is 18.3 Å². The molecule has 0 aliphatic rings. The molecule has 0 aliphatic carbocycles. The van der Waals surface area contributed by atoms with Gasteiger partial charge in [0, 0.05) is 30.5 Å². The number of pyridine rings is 2. The smallest absolute Gasteiger partial charge is 0.253 e. The largest absolute Gasteiger partial charge is 0.481 e. The number of nitrogens with zero attached hydrogens (tertiary/aromatic N) is 4. The van der Waals surface area contributed by atoms with E-state index in [1.54, 1.807) is 17.7 Å². The first-order valence-corrected chi connectivity index (χ1v) is 8.35. The third-order valence-electron chi connectivity index (χ3n) is 4.25. The number of carbonyl (C=O) groups excluding carboxylic acids is 1. The first kappa shape index (κ1) is 17.7. The van der Waals surface area contributed by atoms with Crippen LogP contribution in [0.2, 0.25) is 0 Å². The number of aryl methyl sites for hydroxylation is 3. The molecule has 0 unspecified atom stereocenters. The summed E-state index contributed by atoms with van der Waals surface area (Å²) in [5.74, 6) is 0.663. The number of fused-ring (bicyclic) bond motifs is 1. The molecule has 0 atom stereocenters. The van der Waals surface area contributed by atoms with Crippen molar-refractivity contribution in [2.75, 3.05) is 12.8 Å².